The lowest BCUT2D eigenvalue weighted by molar-refractivity contribution is -0.124. The van der Waals surface area contributed by atoms with Crippen LogP contribution in [0.5, 0.6) is 11.5 Å². The first-order valence-electron chi connectivity index (χ1n) is 11.6. The number of carbonyl (C=O) groups excluding carboxylic acids is 2. The molecule has 0 aliphatic carbocycles. The van der Waals surface area contributed by atoms with Gasteiger partial charge < -0.3 is 20.1 Å². The second kappa shape index (κ2) is 11.3. The molecule has 194 valence electrons. The molecule has 0 fully saturated rings. The molecule has 0 aliphatic heterocycles. The van der Waals surface area contributed by atoms with Crippen molar-refractivity contribution in [3.8, 4) is 11.5 Å². The van der Waals surface area contributed by atoms with Crippen LogP contribution >= 0.6 is 34.3 Å². The molecule has 38 heavy (non-hydrogen) atoms. The summed E-state index contributed by atoms with van der Waals surface area (Å²) in [7, 11) is 3.20. The molecule has 0 aliphatic rings. The number of amides is 2. The summed E-state index contributed by atoms with van der Waals surface area (Å²) in [6.07, 6.45) is 0.318. The number of anilines is 2. The van der Waals surface area contributed by atoms with Crippen molar-refractivity contribution in [2.75, 3.05) is 24.9 Å². The molecule has 11 heteroatoms. The first kappa shape index (κ1) is 25.9. The first-order chi connectivity index (χ1) is 18.4. The second-order valence-electron chi connectivity index (χ2n) is 8.47. The maximum atomic E-state index is 13.4. The lowest BCUT2D eigenvalue weighted by Gasteiger charge is -2.15. The summed E-state index contributed by atoms with van der Waals surface area (Å²) in [6, 6.07) is 18.3. The third-order valence-electron chi connectivity index (χ3n) is 5.87. The average Bonchev–Trinajstić information content (AvgIpc) is 3.50. The van der Waals surface area contributed by atoms with E-state index in [0.717, 1.165) is 26.0 Å². The fourth-order valence-corrected chi connectivity index (χ4v) is 5.87. The van der Waals surface area contributed by atoms with Crippen LogP contribution in [0.2, 0.25) is 5.02 Å². The van der Waals surface area contributed by atoms with Crippen molar-refractivity contribution in [1.82, 2.24) is 9.97 Å². The zero-order valence-electron chi connectivity index (χ0n) is 20.5. The Kier molecular flexibility index (Phi) is 7.73. The van der Waals surface area contributed by atoms with E-state index in [9.17, 15) is 9.59 Å². The standard InChI is InChI=1S/C27H23ClN4O4S2/c1-35-18-7-9-20-22(13-18)37-26(29-20)31-24(33)12-16(11-15-3-5-17(28)6-4-15)25(34)32-27-30-21-10-8-19(36-2)14-23(21)38-27/h3-10,13-14,16H,11-12H2,1-2H3,(H,29,31,33)(H,30,32,34). The van der Waals surface area contributed by atoms with Gasteiger partial charge in [0.05, 0.1) is 40.6 Å². The minimum atomic E-state index is -0.646. The fraction of sp³-hybridized carbons (Fsp3) is 0.185. The van der Waals surface area contributed by atoms with E-state index in [1.54, 1.807) is 26.4 Å². The van der Waals surface area contributed by atoms with Crippen molar-refractivity contribution in [2.45, 2.75) is 12.8 Å². The molecule has 1 unspecified atom stereocenters. The number of hydrogen-bond acceptors (Lipinski definition) is 8. The van der Waals surface area contributed by atoms with Crippen LogP contribution in [0.25, 0.3) is 20.4 Å². The number of thiazole rings is 2. The molecule has 2 N–H and O–H groups in total. The molecule has 5 aromatic rings. The molecular weight excluding hydrogens is 544 g/mol. The van der Waals surface area contributed by atoms with Gasteiger partial charge in [-0.2, -0.15) is 0 Å². The maximum absolute atomic E-state index is 13.4. The highest BCUT2D eigenvalue weighted by atomic mass is 35.5. The summed E-state index contributed by atoms with van der Waals surface area (Å²) in [6.45, 7) is 0. The van der Waals surface area contributed by atoms with E-state index in [1.807, 2.05) is 48.5 Å². The van der Waals surface area contributed by atoms with Gasteiger partial charge in [0.1, 0.15) is 11.5 Å². The van der Waals surface area contributed by atoms with Crippen molar-refractivity contribution in [3.05, 3.63) is 71.2 Å². The van der Waals surface area contributed by atoms with Gasteiger partial charge in [0.25, 0.3) is 0 Å². The summed E-state index contributed by atoms with van der Waals surface area (Å²) in [5.41, 5.74) is 2.41. The van der Waals surface area contributed by atoms with Crippen LogP contribution in [0.1, 0.15) is 12.0 Å². The van der Waals surface area contributed by atoms with Crippen molar-refractivity contribution in [3.63, 3.8) is 0 Å². The largest absolute Gasteiger partial charge is 0.497 e. The SMILES string of the molecule is COc1ccc2nc(NC(=O)CC(Cc3ccc(Cl)cc3)C(=O)Nc3nc4ccc(OC)cc4s3)sc2c1. The van der Waals surface area contributed by atoms with E-state index in [2.05, 4.69) is 20.6 Å². The highest BCUT2D eigenvalue weighted by molar-refractivity contribution is 7.22. The predicted octanol–water partition coefficient (Wildman–Crippen LogP) is 6.40. The molecule has 1 atom stereocenters. The number of aromatic nitrogens is 2. The van der Waals surface area contributed by atoms with Gasteiger partial charge in [-0.25, -0.2) is 9.97 Å². The number of ether oxygens (including phenoxy) is 2. The number of fused-ring (bicyclic) bond motifs is 2. The summed E-state index contributed by atoms with van der Waals surface area (Å²) >= 11 is 8.73. The molecule has 2 amide bonds. The van der Waals surface area contributed by atoms with Crippen LogP contribution in [0.4, 0.5) is 10.3 Å². The minimum Gasteiger partial charge on any atom is -0.497 e. The van der Waals surface area contributed by atoms with Crippen LogP contribution in [-0.4, -0.2) is 36.0 Å². The topological polar surface area (TPSA) is 102 Å². The van der Waals surface area contributed by atoms with E-state index in [4.69, 9.17) is 21.1 Å². The number of rotatable bonds is 9. The van der Waals surface area contributed by atoms with Crippen LogP contribution < -0.4 is 20.1 Å². The zero-order chi connectivity index (χ0) is 26.6. The van der Waals surface area contributed by atoms with Crippen molar-refractivity contribution >= 4 is 76.8 Å². The number of hydrogen-bond donors (Lipinski definition) is 2. The summed E-state index contributed by atoms with van der Waals surface area (Å²) in [5, 5.41) is 7.27. The third kappa shape index (κ3) is 6.04. The number of benzene rings is 3. The molecule has 0 saturated heterocycles. The molecular formula is C27H23ClN4O4S2. The van der Waals surface area contributed by atoms with Gasteiger partial charge in [0, 0.05) is 11.4 Å². The highest BCUT2D eigenvalue weighted by Crippen LogP contribution is 2.31. The molecule has 8 nitrogen and oxygen atoms in total. The molecule has 0 bridgehead atoms. The van der Waals surface area contributed by atoms with Crippen LogP contribution in [0, 0.1) is 5.92 Å². The monoisotopic (exact) mass is 566 g/mol. The summed E-state index contributed by atoms with van der Waals surface area (Å²) < 4.78 is 12.3. The lowest BCUT2D eigenvalue weighted by Crippen LogP contribution is -2.29. The molecule has 3 aromatic carbocycles. The van der Waals surface area contributed by atoms with E-state index >= 15 is 0 Å². The molecule has 5 rings (SSSR count). The highest BCUT2D eigenvalue weighted by Gasteiger charge is 2.24. The van der Waals surface area contributed by atoms with Crippen LogP contribution in [0.3, 0.4) is 0 Å². The molecule has 0 radical (unpaired) electrons. The molecule has 2 aromatic heterocycles. The Labute approximate surface area is 231 Å². The van der Waals surface area contributed by atoms with Crippen LogP contribution in [0.15, 0.2) is 60.7 Å². The minimum absolute atomic E-state index is 0.0353. The average molecular weight is 567 g/mol. The Bertz CT molecular complexity index is 1620. The van der Waals surface area contributed by atoms with Gasteiger partial charge >= 0.3 is 0 Å². The van der Waals surface area contributed by atoms with Gasteiger partial charge in [-0.05, 0) is 60.5 Å². The van der Waals surface area contributed by atoms with E-state index in [-0.39, 0.29) is 18.2 Å². The van der Waals surface area contributed by atoms with E-state index in [1.165, 1.54) is 22.7 Å². The first-order valence-corrected chi connectivity index (χ1v) is 13.7. The predicted molar refractivity (Wildman–Crippen MR) is 153 cm³/mol. The van der Waals surface area contributed by atoms with Gasteiger partial charge in [-0.3, -0.25) is 9.59 Å². The Morgan fingerprint density at radius 3 is 1.95 bits per heavy atom. The number of nitrogens with zero attached hydrogens (tertiary/aromatic N) is 2. The number of methoxy groups -OCH3 is 2. The number of nitrogens with one attached hydrogen (secondary N) is 2. The normalized spacial score (nSPS) is 11.9. The van der Waals surface area contributed by atoms with Crippen molar-refractivity contribution in [2.24, 2.45) is 5.92 Å². The summed E-state index contributed by atoms with van der Waals surface area (Å²) in [5.74, 6) is 0.179. The van der Waals surface area contributed by atoms with E-state index in [0.29, 0.717) is 33.2 Å². The Morgan fingerprint density at radius 1 is 0.842 bits per heavy atom. The smallest absolute Gasteiger partial charge is 0.230 e. The quantitative estimate of drug-likeness (QED) is 0.214. The van der Waals surface area contributed by atoms with Gasteiger partial charge in [-0.15, -0.1) is 0 Å². The van der Waals surface area contributed by atoms with Gasteiger partial charge in [0.15, 0.2) is 10.3 Å². The van der Waals surface area contributed by atoms with Crippen molar-refractivity contribution < 1.29 is 19.1 Å². The lowest BCUT2D eigenvalue weighted by atomic mass is 9.95. The van der Waals surface area contributed by atoms with Gasteiger partial charge in [-0.1, -0.05) is 46.4 Å². The summed E-state index contributed by atoms with van der Waals surface area (Å²) in [4.78, 5) is 35.4. The number of carbonyl (C=O) groups is 2. The van der Waals surface area contributed by atoms with E-state index < -0.39 is 5.92 Å². The molecule has 0 spiro atoms. The molecule has 2 heterocycles. The third-order valence-corrected chi connectivity index (χ3v) is 7.98. The molecule has 0 saturated carbocycles. The zero-order valence-corrected chi connectivity index (χ0v) is 22.9. The van der Waals surface area contributed by atoms with Gasteiger partial charge in [0.2, 0.25) is 11.8 Å². The Hall–Kier alpha value is -3.73. The van der Waals surface area contributed by atoms with Crippen molar-refractivity contribution in [1.29, 1.82) is 0 Å². The fourth-order valence-electron chi connectivity index (χ4n) is 3.93. The maximum Gasteiger partial charge on any atom is 0.230 e. The van der Waals surface area contributed by atoms with Crippen LogP contribution in [-0.2, 0) is 16.0 Å². The second-order valence-corrected chi connectivity index (χ2v) is 11.0. The number of halogens is 1. The Morgan fingerprint density at radius 2 is 1.39 bits per heavy atom. The Balaban J connectivity index is 1.33.